The van der Waals surface area contributed by atoms with Crippen LogP contribution in [0.5, 0.6) is 0 Å². The van der Waals surface area contributed by atoms with Gasteiger partial charge in [-0.15, -0.1) is 0 Å². The molecule has 1 atom stereocenters. The minimum atomic E-state index is -1.84. The molecule has 3 amide bonds. The molecule has 2 aromatic carbocycles. The van der Waals surface area contributed by atoms with Gasteiger partial charge in [0.1, 0.15) is 12.5 Å². The first kappa shape index (κ1) is 31.1. The van der Waals surface area contributed by atoms with Crippen molar-refractivity contribution in [2.45, 2.75) is 44.9 Å². The number of nitrogens with zero attached hydrogens (tertiary/aromatic N) is 3. The third kappa shape index (κ3) is 6.06. The van der Waals surface area contributed by atoms with E-state index in [2.05, 4.69) is 10.3 Å². The fraction of sp³-hybridized carbons (Fsp3) is 0.364. The van der Waals surface area contributed by atoms with Crippen molar-refractivity contribution < 1.29 is 28.3 Å². The van der Waals surface area contributed by atoms with Crippen molar-refractivity contribution >= 4 is 46.7 Å². The number of carbonyl (C=O) groups is 4. The zero-order chi connectivity index (χ0) is 31.9. The van der Waals surface area contributed by atoms with Gasteiger partial charge >= 0.3 is 0 Å². The molecule has 234 valence electrons. The number of benzene rings is 2. The molecule has 1 aliphatic carbocycles. The fourth-order valence-electron chi connectivity index (χ4n) is 6.13. The number of rotatable bonds is 9. The largest absolute Gasteiger partial charge is 0.343 e. The Morgan fingerprint density at radius 2 is 1.69 bits per heavy atom. The highest BCUT2D eigenvalue weighted by Crippen LogP contribution is 2.48. The SMILES string of the molecule is CC(=O)N1CCC(C(=O)c2cc(F)c3c(c2)C(=O)N(Cc2ccc(Cl)cn2)[C@@]3(OCNC(=O)C2CC2)c2ccc(Cl)cc2)CC1. The molecule has 0 unspecified atom stereocenters. The lowest BCUT2D eigenvalue weighted by atomic mass is 9.86. The van der Waals surface area contributed by atoms with Crippen LogP contribution in [-0.2, 0) is 26.6 Å². The summed E-state index contributed by atoms with van der Waals surface area (Å²) in [6, 6.07) is 12.3. The van der Waals surface area contributed by atoms with Gasteiger partial charge in [-0.05, 0) is 62.1 Å². The standard InChI is InChI=1S/C33H31Cl2FN4O5/c1-19(41)39-12-10-20(11-13-39)30(42)22-14-27-29(28(36)15-22)33(23-4-6-24(34)7-5-23,45-18-38-31(43)21-2-3-21)40(32(27)44)17-26-9-8-25(35)16-37-26/h4-9,14-16,20-21H,2-3,10-13,17-18H2,1H3,(H,38,43)/t33-/m1/s1. The Hall–Kier alpha value is -3.86. The first-order valence-electron chi connectivity index (χ1n) is 14.8. The van der Waals surface area contributed by atoms with Crippen molar-refractivity contribution in [1.29, 1.82) is 0 Å². The first-order chi connectivity index (χ1) is 21.6. The quantitative estimate of drug-likeness (QED) is 0.247. The summed E-state index contributed by atoms with van der Waals surface area (Å²) in [5, 5.41) is 3.58. The summed E-state index contributed by atoms with van der Waals surface area (Å²) in [6.07, 6.45) is 3.89. The van der Waals surface area contributed by atoms with Gasteiger partial charge in [0.2, 0.25) is 17.5 Å². The Morgan fingerprint density at radius 3 is 2.31 bits per heavy atom. The lowest BCUT2D eigenvalue weighted by Gasteiger charge is -2.39. The van der Waals surface area contributed by atoms with Gasteiger partial charge in [-0.2, -0.15) is 0 Å². The maximum absolute atomic E-state index is 16.6. The van der Waals surface area contributed by atoms with Crippen LogP contribution in [0.3, 0.4) is 0 Å². The van der Waals surface area contributed by atoms with Crippen LogP contribution in [0.1, 0.15) is 70.1 Å². The van der Waals surface area contributed by atoms with Gasteiger partial charge in [-0.1, -0.05) is 35.3 Å². The Bertz CT molecular complexity index is 1660. The van der Waals surface area contributed by atoms with Crippen molar-refractivity contribution in [2.75, 3.05) is 19.8 Å². The number of amides is 3. The molecule has 9 nitrogen and oxygen atoms in total. The van der Waals surface area contributed by atoms with Gasteiger partial charge < -0.3 is 15.0 Å². The van der Waals surface area contributed by atoms with Crippen LogP contribution in [0.2, 0.25) is 10.0 Å². The topological polar surface area (TPSA) is 109 Å². The number of hydrogen-bond donors (Lipinski definition) is 1. The molecule has 2 fully saturated rings. The number of aromatic nitrogens is 1. The van der Waals surface area contributed by atoms with E-state index in [4.69, 9.17) is 27.9 Å². The highest BCUT2D eigenvalue weighted by Gasteiger charge is 2.55. The van der Waals surface area contributed by atoms with E-state index < -0.39 is 23.4 Å². The van der Waals surface area contributed by atoms with E-state index in [1.165, 1.54) is 24.1 Å². The second-order valence-corrected chi connectivity index (χ2v) is 12.5. The molecule has 12 heteroatoms. The van der Waals surface area contributed by atoms with Gasteiger partial charge in [-0.25, -0.2) is 4.39 Å². The Labute approximate surface area is 269 Å². The van der Waals surface area contributed by atoms with Crippen LogP contribution in [0.25, 0.3) is 0 Å². The second-order valence-electron chi connectivity index (χ2n) is 11.6. The number of ketones is 1. The zero-order valence-corrected chi connectivity index (χ0v) is 26.0. The lowest BCUT2D eigenvalue weighted by molar-refractivity contribution is -0.137. The number of carbonyl (C=O) groups excluding carboxylic acids is 4. The molecule has 0 radical (unpaired) electrons. The summed E-state index contributed by atoms with van der Waals surface area (Å²) >= 11 is 12.3. The minimum absolute atomic E-state index is 0.0306. The second kappa shape index (κ2) is 12.5. The molecule has 3 aliphatic rings. The molecular formula is C33H31Cl2FN4O5. The number of likely N-dealkylation sites (tertiary alicyclic amines) is 1. The number of nitrogens with one attached hydrogen (secondary N) is 1. The van der Waals surface area contributed by atoms with Gasteiger partial charge in [0.15, 0.2) is 5.78 Å². The van der Waals surface area contributed by atoms with Gasteiger partial charge in [0.05, 0.1) is 28.4 Å². The fourth-order valence-corrected chi connectivity index (χ4v) is 6.37. The van der Waals surface area contributed by atoms with Crippen LogP contribution in [0.4, 0.5) is 4.39 Å². The molecule has 0 bridgehead atoms. The third-order valence-corrected chi connectivity index (χ3v) is 9.18. The average Bonchev–Trinajstić information content (AvgIpc) is 3.86. The molecule has 45 heavy (non-hydrogen) atoms. The molecule has 1 aromatic heterocycles. The van der Waals surface area contributed by atoms with Gasteiger partial charge in [0.25, 0.3) is 5.91 Å². The summed E-state index contributed by atoms with van der Waals surface area (Å²) in [5.74, 6) is -2.43. The molecular weight excluding hydrogens is 622 g/mol. The molecule has 1 saturated carbocycles. The van der Waals surface area contributed by atoms with Crippen molar-refractivity contribution in [2.24, 2.45) is 11.8 Å². The van der Waals surface area contributed by atoms with E-state index in [9.17, 15) is 19.2 Å². The van der Waals surface area contributed by atoms with E-state index in [1.807, 2.05) is 0 Å². The number of halogens is 3. The lowest BCUT2D eigenvalue weighted by Crippen LogP contribution is -2.49. The predicted octanol–water partition coefficient (Wildman–Crippen LogP) is 5.33. The summed E-state index contributed by atoms with van der Waals surface area (Å²) < 4.78 is 23.0. The minimum Gasteiger partial charge on any atom is -0.343 e. The van der Waals surface area contributed by atoms with Crippen LogP contribution in [0.15, 0.2) is 54.7 Å². The molecule has 6 rings (SSSR count). The smallest absolute Gasteiger partial charge is 0.257 e. The number of Topliss-reactive ketones (excluding diaryl/α,β-unsaturated/α-hetero) is 1. The summed E-state index contributed by atoms with van der Waals surface area (Å²) in [4.78, 5) is 59.6. The van der Waals surface area contributed by atoms with Crippen molar-refractivity contribution in [1.82, 2.24) is 20.1 Å². The zero-order valence-electron chi connectivity index (χ0n) is 24.5. The highest BCUT2D eigenvalue weighted by molar-refractivity contribution is 6.30. The number of piperidine rings is 1. The summed E-state index contributed by atoms with van der Waals surface area (Å²) in [6.45, 7) is 1.93. The maximum Gasteiger partial charge on any atom is 0.257 e. The third-order valence-electron chi connectivity index (χ3n) is 8.70. The summed E-state index contributed by atoms with van der Waals surface area (Å²) in [7, 11) is 0. The van der Waals surface area contributed by atoms with Crippen molar-refractivity contribution in [3.05, 3.63) is 98.5 Å². The summed E-state index contributed by atoms with van der Waals surface area (Å²) in [5.41, 5.74) is -1.03. The van der Waals surface area contributed by atoms with E-state index >= 15 is 4.39 Å². The monoisotopic (exact) mass is 652 g/mol. The van der Waals surface area contributed by atoms with Crippen LogP contribution >= 0.6 is 23.2 Å². The number of ether oxygens (including phenoxy) is 1. The van der Waals surface area contributed by atoms with E-state index in [0.29, 0.717) is 47.2 Å². The maximum atomic E-state index is 16.6. The van der Waals surface area contributed by atoms with E-state index in [-0.39, 0.29) is 53.5 Å². The van der Waals surface area contributed by atoms with Crippen LogP contribution in [-0.4, -0.2) is 58.1 Å². The Morgan fingerprint density at radius 1 is 1.00 bits per heavy atom. The molecule has 1 N–H and O–H groups in total. The molecule has 0 spiro atoms. The van der Waals surface area contributed by atoms with Crippen LogP contribution < -0.4 is 5.32 Å². The van der Waals surface area contributed by atoms with Crippen LogP contribution in [0, 0.1) is 17.7 Å². The molecule has 1 saturated heterocycles. The van der Waals surface area contributed by atoms with Gasteiger partial charge in [0, 0.05) is 54.2 Å². The van der Waals surface area contributed by atoms with Crippen molar-refractivity contribution in [3.63, 3.8) is 0 Å². The van der Waals surface area contributed by atoms with Gasteiger partial charge in [-0.3, -0.25) is 29.1 Å². The predicted molar refractivity (Wildman–Crippen MR) is 164 cm³/mol. The molecule has 3 heterocycles. The Balaban J connectivity index is 1.43. The first-order valence-corrected chi connectivity index (χ1v) is 15.6. The van der Waals surface area contributed by atoms with E-state index in [0.717, 1.165) is 18.9 Å². The normalized spacial score (nSPS) is 19.9. The van der Waals surface area contributed by atoms with Crippen molar-refractivity contribution in [3.8, 4) is 0 Å². The number of fused-ring (bicyclic) bond motifs is 1. The molecule has 3 aromatic rings. The average molecular weight is 654 g/mol. The number of pyridine rings is 1. The highest BCUT2D eigenvalue weighted by atomic mass is 35.5. The number of hydrogen-bond acceptors (Lipinski definition) is 6. The molecule has 2 aliphatic heterocycles. The van der Waals surface area contributed by atoms with E-state index in [1.54, 1.807) is 41.3 Å². The Kier molecular flexibility index (Phi) is 8.65.